The first-order valence-electron chi connectivity index (χ1n) is 7.83. The number of H-pyrrole nitrogens is 1. The molecule has 0 unspecified atom stereocenters. The molecule has 0 amide bonds. The molecular formula is C18H14F4N2O3. The van der Waals surface area contributed by atoms with E-state index in [0.717, 1.165) is 18.2 Å². The number of aromatic amines is 1. The van der Waals surface area contributed by atoms with Gasteiger partial charge in [0.1, 0.15) is 18.2 Å². The number of rotatable bonds is 5. The molecule has 0 atom stereocenters. The molecule has 0 aliphatic heterocycles. The number of pyridine rings is 1. The molecule has 0 fully saturated rings. The highest BCUT2D eigenvalue weighted by atomic mass is 19.4. The maximum Gasteiger partial charge on any atom is 0.573 e. The lowest BCUT2D eigenvalue weighted by atomic mass is 10.1. The van der Waals surface area contributed by atoms with E-state index in [-0.39, 0.29) is 30.0 Å². The molecule has 142 valence electrons. The average Bonchev–Trinajstić information content (AvgIpc) is 2.60. The van der Waals surface area contributed by atoms with Gasteiger partial charge in [-0.25, -0.2) is 4.39 Å². The van der Waals surface area contributed by atoms with Crippen LogP contribution in [0.15, 0.2) is 47.3 Å². The normalized spacial score (nSPS) is 11.6. The monoisotopic (exact) mass is 382 g/mol. The molecule has 2 aromatic carbocycles. The molecule has 3 N–H and O–H groups in total. The van der Waals surface area contributed by atoms with Gasteiger partial charge in [0.2, 0.25) is 0 Å². The number of nitrogens with two attached hydrogens (primary N) is 1. The largest absolute Gasteiger partial charge is 0.573 e. The first-order chi connectivity index (χ1) is 12.8. The fraction of sp³-hybridized carbons (Fsp3) is 0.167. The van der Waals surface area contributed by atoms with E-state index in [9.17, 15) is 22.4 Å². The molecule has 1 heterocycles. The molecule has 3 rings (SSSR count). The van der Waals surface area contributed by atoms with Gasteiger partial charge in [0, 0.05) is 17.5 Å². The summed E-state index contributed by atoms with van der Waals surface area (Å²) in [6, 6.07) is 8.57. The van der Waals surface area contributed by atoms with Gasteiger partial charge in [-0.3, -0.25) is 4.79 Å². The summed E-state index contributed by atoms with van der Waals surface area (Å²) < 4.78 is 59.8. The van der Waals surface area contributed by atoms with Gasteiger partial charge in [-0.2, -0.15) is 0 Å². The van der Waals surface area contributed by atoms with Crippen LogP contribution in [-0.2, 0) is 0 Å². The third-order valence-corrected chi connectivity index (χ3v) is 3.68. The van der Waals surface area contributed by atoms with E-state index in [1.54, 1.807) is 0 Å². The van der Waals surface area contributed by atoms with E-state index in [2.05, 4.69) is 9.72 Å². The van der Waals surface area contributed by atoms with Gasteiger partial charge < -0.3 is 20.2 Å². The molecule has 1 aromatic heterocycles. The Hall–Kier alpha value is -3.07. The van der Waals surface area contributed by atoms with Crippen LogP contribution in [-0.4, -0.2) is 24.5 Å². The Bertz CT molecular complexity index is 1010. The molecular weight excluding hydrogens is 368 g/mol. The lowest BCUT2D eigenvalue weighted by Gasteiger charge is -2.15. The number of ether oxygens (including phenoxy) is 2. The maximum atomic E-state index is 13.5. The predicted molar refractivity (Wildman–Crippen MR) is 91.2 cm³/mol. The Morgan fingerprint density at radius 3 is 2.37 bits per heavy atom. The molecule has 0 saturated heterocycles. The number of halogens is 4. The summed E-state index contributed by atoms with van der Waals surface area (Å²) in [4.78, 5) is 14.9. The Labute approximate surface area is 150 Å². The van der Waals surface area contributed by atoms with Gasteiger partial charge in [0.25, 0.3) is 5.56 Å². The van der Waals surface area contributed by atoms with Crippen molar-refractivity contribution < 1.29 is 27.0 Å². The fourth-order valence-corrected chi connectivity index (χ4v) is 2.61. The number of aromatic nitrogens is 1. The quantitative estimate of drug-likeness (QED) is 0.662. The summed E-state index contributed by atoms with van der Waals surface area (Å²) >= 11 is 0. The molecule has 0 radical (unpaired) electrons. The zero-order valence-electron chi connectivity index (χ0n) is 13.8. The van der Waals surface area contributed by atoms with Crippen molar-refractivity contribution in [3.05, 3.63) is 58.6 Å². The van der Waals surface area contributed by atoms with Gasteiger partial charge in [-0.05, 0) is 42.5 Å². The highest BCUT2D eigenvalue weighted by Gasteiger charge is 2.31. The van der Waals surface area contributed by atoms with Crippen molar-refractivity contribution in [3.8, 4) is 22.8 Å². The van der Waals surface area contributed by atoms with Crippen molar-refractivity contribution in [1.82, 2.24) is 4.98 Å². The zero-order chi connectivity index (χ0) is 19.6. The Morgan fingerprint density at radius 2 is 1.74 bits per heavy atom. The Balaban J connectivity index is 2.12. The van der Waals surface area contributed by atoms with Crippen LogP contribution in [0.3, 0.4) is 0 Å². The molecule has 5 nitrogen and oxygen atoms in total. The summed E-state index contributed by atoms with van der Waals surface area (Å²) in [7, 11) is 0. The fourth-order valence-electron chi connectivity index (χ4n) is 2.61. The smallest absolute Gasteiger partial charge is 0.489 e. The highest BCUT2D eigenvalue weighted by Crippen LogP contribution is 2.35. The second-order valence-electron chi connectivity index (χ2n) is 5.56. The van der Waals surface area contributed by atoms with Gasteiger partial charge in [-0.15, -0.1) is 13.2 Å². The minimum Gasteiger partial charge on any atom is -0.489 e. The average molecular weight is 382 g/mol. The van der Waals surface area contributed by atoms with Crippen molar-refractivity contribution in [3.63, 3.8) is 0 Å². The minimum atomic E-state index is -4.81. The second kappa shape index (κ2) is 7.28. The topological polar surface area (TPSA) is 77.3 Å². The Morgan fingerprint density at radius 1 is 1.04 bits per heavy atom. The Kier molecular flexibility index (Phi) is 5.04. The van der Waals surface area contributed by atoms with Crippen LogP contribution in [0.1, 0.15) is 0 Å². The third-order valence-electron chi connectivity index (χ3n) is 3.68. The summed E-state index contributed by atoms with van der Waals surface area (Å²) in [5.41, 5.74) is 5.53. The van der Waals surface area contributed by atoms with E-state index >= 15 is 0 Å². The third kappa shape index (κ3) is 4.20. The number of fused-ring (bicyclic) bond motifs is 1. The molecule has 0 aliphatic carbocycles. The van der Waals surface area contributed by atoms with Crippen molar-refractivity contribution >= 4 is 10.8 Å². The van der Waals surface area contributed by atoms with Crippen LogP contribution in [0, 0.1) is 5.82 Å². The van der Waals surface area contributed by atoms with E-state index in [1.807, 2.05) is 0 Å². The van der Waals surface area contributed by atoms with Gasteiger partial charge in [0.05, 0.1) is 11.1 Å². The first-order valence-corrected chi connectivity index (χ1v) is 7.83. The maximum absolute atomic E-state index is 13.5. The summed E-state index contributed by atoms with van der Waals surface area (Å²) in [6.07, 6.45) is -4.81. The van der Waals surface area contributed by atoms with Crippen molar-refractivity contribution in [2.45, 2.75) is 6.36 Å². The van der Waals surface area contributed by atoms with Gasteiger partial charge in [-0.1, -0.05) is 0 Å². The molecule has 27 heavy (non-hydrogen) atoms. The molecule has 0 saturated carbocycles. The summed E-state index contributed by atoms with van der Waals surface area (Å²) in [5, 5.41) is 0.446. The lowest BCUT2D eigenvalue weighted by molar-refractivity contribution is -0.274. The van der Waals surface area contributed by atoms with Crippen LogP contribution in [0.5, 0.6) is 11.5 Å². The summed E-state index contributed by atoms with van der Waals surface area (Å²) in [5.74, 6) is -0.736. The highest BCUT2D eigenvalue weighted by molar-refractivity contribution is 5.93. The van der Waals surface area contributed by atoms with Crippen molar-refractivity contribution in [1.29, 1.82) is 0 Å². The molecule has 9 heteroatoms. The van der Waals surface area contributed by atoms with Crippen LogP contribution in [0.25, 0.3) is 22.0 Å². The number of alkyl halides is 3. The van der Waals surface area contributed by atoms with E-state index < -0.39 is 23.5 Å². The van der Waals surface area contributed by atoms with E-state index in [4.69, 9.17) is 10.5 Å². The van der Waals surface area contributed by atoms with Crippen molar-refractivity contribution in [2.24, 2.45) is 5.73 Å². The van der Waals surface area contributed by atoms with E-state index in [1.165, 1.54) is 24.3 Å². The van der Waals surface area contributed by atoms with Crippen LogP contribution in [0.4, 0.5) is 17.6 Å². The minimum absolute atomic E-state index is 0.0859. The number of hydrogen-bond acceptors (Lipinski definition) is 4. The van der Waals surface area contributed by atoms with E-state index in [0.29, 0.717) is 10.9 Å². The van der Waals surface area contributed by atoms with Gasteiger partial charge >= 0.3 is 6.36 Å². The molecule has 0 bridgehead atoms. The van der Waals surface area contributed by atoms with Crippen LogP contribution in [0.2, 0.25) is 0 Å². The van der Waals surface area contributed by atoms with Crippen LogP contribution < -0.4 is 20.8 Å². The number of benzene rings is 2. The molecule has 0 aliphatic rings. The number of hydrogen-bond donors (Lipinski definition) is 2. The zero-order valence-corrected chi connectivity index (χ0v) is 13.8. The molecule has 0 spiro atoms. The molecule has 3 aromatic rings. The van der Waals surface area contributed by atoms with Crippen LogP contribution >= 0.6 is 0 Å². The van der Waals surface area contributed by atoms with Crippen molar-refractivity contribution in [2.75, 3.05) is 13.2 Å². The SMILES string of the molecule is NCCOc1c(-c2ccc(OC(F)(F)F)cc2)[nH]c(=O)c2cc(F)ccc12. The van der Waals surface area contributed by atoms with Gasteiger partial charge in [0.15, 0.2) is 5.75 Å². The summed E-state index contributed by atoms with van der Waals surface area (Å²) in [6.45, 7) is 0.320. The standard InChI is InChI=1S/C18H14F4N2O3/c19-11-3-6-13-14(9-11)17(25)24-15(16(13)26-8-7-23)10-1-4-12(5-2-10)27-18(20,21)22/h1-6,9H,7-8,23H2,(H,24,25). The number of nitrogens with one attached hydrogen (secondary N) is 1. The first kappa shape index (κ1) is 18.7. The lowest BCUT2D eigenvalue weighted by Crippen LogP contribution is -2.17. The predicted octanol–water partition coefficient (Wildman–Crippen LogP) is 3.57. The second-order valence-corrected chi connectivity index (χ2v) is 5.56.